The summed E-state index contributed by atoms with van der Waals surface area (Å²) in [5, 5.41) is 13.2. The standard InChI is InChI=1S/C8H12N3O2/c1-2-3-4-9-8(13)7-10-5-6(12)11-7/h5H,2-4H2,1H3,(H,9,13)(H,10,11). The van der Waals surface area contributed by atoms with E-state index in [2.05, 4.69) is 15.3 Å². The third-order valence-electron chi connectivity index (χ3n) is 1.59. The largest absolute Gasteiger partial charge is 0.349 e. The molecule has 5 nitrogen and oxygen atoms in total. The summed E-state index contributed by atoms with van der Waals surface area (Å²) in [7, 11) is 0. The van der Waals surface area contributed by atoms with Gasteiger partial charge >= 0.3 is 0 Å². The minimum absolute atomic E-state index is 0.0844. The number of carbonyl (C=O) groups excluding carboxylic acids is 1. The molecule has 0 bridgehead atoms. The van der Waals surface area contributed by atoms with E-state index < -0.39 is 5.88 Å². The van der Waals surface area contributed by atoms with E-state index in [9.17, 15) is 9.90 Å². The lowest BCUT2D eigenvalue weighted by Crippen LogP contribution is -2.25. The second kappa shape index (κ2) is 4.49. The van der Waals surface area contributed by atoms with Gasteiger partial charge in [-0.15, -0.1) is 0 Å². The number of rotatable bonds is 4. The van der Waals surface area contributed by atoms with Gasteiger partial charge in [0.2, 0.25) is 0 Å². The smallest absolute Gasteiger partial charge is 0.288 e. The van der Waals surface area contributed by atoms with Crippen LogP contribution in [0, 0.1) is 0 Å². The van der Waals surface area contributed by atoms with E-state index in [1.807, 2.05) is 6.92 Å². The van der Waals surface area contributed by atoms with Crippen molar-refractivity contribution in [2.75, 3.05) is 6.54 Å². The van der Waals surface area contributed by atoms with Crippen molar-refractivity contribution in [3.63, 3.8) is 0 Å². The Morgan fingerprint density at radius 2 is 2.46 bits per heavy atom. The second-order valence-electron chi connectivity index (χ2n) is 2.70. The number of amides is 1. The summed E-state index contributed by atoms with van der Waals surface area (Å²) in [6, 6.07) is 0. The summed E-state index contributed by atoms with van der Waals surface area (Å²) in [5.74, 6) is -0.655. The first-order chi connectivity index (χ1) is 6.24. The number of imidazole rings is 1. The first-order valence-electron chi connectivity index (χ1n) is 4.24. The van der Waals surface area contributed by atoms with E-state index in [1.165, 1.54) is 0 Å². The minimum Gasteiger partial charge on any atom is -0.349 e. The number of hydrogen-bond donors (Lipinski definition) is 2. The topological polar surface area (TPSA) is 77.7 Å². The molecule has 2 N–H and O–H groups in total. The third-order valence-corrected chi connectivity index (χ3v) is 1.59. The highest BCUT2D eigenvalue weighted by Gasteiger charge is 2.09. The van der Waals surface area contributed by atoms with Crippen LogP contribution < -0.4 is 5.32 Å². The van der Waals surface area contributed by atoms with Crippen LogP contribution in [0.3, 0.4) is 0 Å². The monoisotopic (exact) mass is 182 g/mol. The number of nitrogens with zero attached hydrogens (tertiary/aromatic N) is 1. The molecule has 0 saturated carbocycles. The Kier molecular flexibility index (Phi) is 3.31. The van der Waals surface area contributed by atoms with E-state index in [4.69, 9.17) is 0 Å². The van der Waals surface area contributed by atoms with Crippen LogP contribution in [-0.4, -0.2) is 22.4 Å². The number of carbonyl (C=O) groups is 1. The molecule has 0 aliphatic heterocycles. The molecule has 0 spiro atoms. The number of unbranched alkanes of at least 4 members (excludes halogenated alkanes) is 1. The van der Waals surface area contributed by atoms with Gasteiger partial charge < -0.3 is 10.3 Å². The molecule has 0 fully saturated rings. The van der Waals surface area contributed by atoms with Gasteiger partial charge in [-0.25, -0.2) is 0 Å². The number of H-pyrrole nitrogens is 1. The fourth-order valence-electron chi connectivity index (χ4n) is 0.884. The van der Waals surface area contributed by atoms with Crippen molar-refractivity contribution in [1.82, 2.24) is 15.3 Å². The van der Waals surface area contributed by atoms with Crippen molar-refractivity contribution in [2.24, 2.45) is 0 Å². The van der Waals surface area contributed by atoms with Crippen molar-refractivity contribution in [3.8, 4) is 5.88 Å². The average Bonchev–Trinajstić information content (AvgIpc) is 2.52. The third kappa shape index (κ3) is 2.77. The molecule has 0 aliphatic carbocycles. The first-order valence-corrected chi connectivity index (χ1v) is 4.24. The van der Waals surface area contributed by atoms with Crippen molar-refractivity contribution >= 4 is 5.91 Å². The van der Waals surface area contributed by atoms with Crippen LogP contribution >= 0.6 is 0 Å². The lowest BCUT2D eigenvalue weighted by atomic mass is 10.3. The van der Waals surface area contributed by atoms with E-state index in [-0.39, 0.29) is 11.7 Å². The molecule has 0 aliphatic rings. The molecule has 71 valence electrons. The van der Waals surface area contributed by atoms with E-state index in [0.717, 1.165) is 19.0 Å². The van der Waals surface area contributed by atoms with Crippen molar-refractivity contribution in [2.45, 2.75) is 19.8 Å². The fourth-order valence-corrected chi connectivity index (χ4v) is 0.884. The van der Waals surface area contributed by atoms with Crippen molar-refractivity contribution in [1.29, 1.82) is 0 Å². The summed E-state index contributed by atoms with van der Waals surface area (Å²) in [6.45, 7) is 2.65. The highest BCUT2D eigenvalue weighted by atomic mass is 16.3. The summed E-state index contributed by atoms with van der Waals surface area (Å²) in [4.78, 5) is 17.2. The van der Waals surface area contributed by atoms with Gasteiger partial charge in [0.25, 0.3) is 11.8 Å². The summed E-state index contributed by atoms with van der Waals surface area (Å²) < 4.78 is 0. The Morgan fingerprint density at radius 3 is 3.00 bits per heavy atom. The van der Waals surface area contributed by atoms with E-state index in [1.54, 1.807) is 0 Å². The molecule has 0 saturated heterocycles. The van der Waals surface area contributed by atoms with E-state index >= 15 is 0 Å². The van der Waals surface area contributed by atoms with Gasteiger partial charge in [0.05, 0.1) is 6.20 Å². The number of hydrogen-bond acceptors (Lipinski definition) is 2. The SMILES string of the molecule is CCCCNC(=O)c1nc([O])c[nH]1. The Bertz CT molecular complexity index is 283. The summed E-state index contributed by atoms with van der Waals surface area (Å²) >= 11 is 0. The zero-order valence-electron chi connectivity index (χ0n) is 7.46. The maximum absolute atomic E-state index is 11.2. The summed E-state index contributed by atoms with van der Waals surface area (Å²) in [5.41, 5.74) is 0. The first kappa shape index (κ1) is 9.57. The van der Waals surface area contributed by atoms with Gasteiger partial charge in [-0.05, 0) is 6.42 Å². The minimum atomic E-state index is -0.416. The maximum Gasteiger partial charge on any atom is 0.288 e. The van der Waals surface area contributed by atoms with Gasteiger partial charge in [-0.3, -0.25) is 9.90 Å². The second-order valence-corrected chi connectivity index (χ2v) is 2.70. The molecule has 1 aromatic rings. The highest BCUT2D eigenvalue weighted by molar-refractivity contribution is 5.90. The predicted octanol–water partition coefficient (Wildman–Crippen LogP) is 1.08. The fraction of sp³-hybridized carbons (Fsp3) is 0.500. The molecule has 1 amide bonds. The van der Waals surface area contributed by atoms with Crippen LogP contribution in [-0.2, 0) is 5.11 Å². The quantitative estimate of drug-likeness (QED) is 0.683. The molecule has 0 aromatic carbocycles. The Hall–Kier alpha value is -1.52. The molecular formula is C8H12N3O2. The van der Waals surface area contributed by atoms with Gasteiger partial charge in [0, 0.05) is 6.54 Å². The van der Waals surface area contributed by atoms with Crippen molar-refractivity contribution < 1.29 is 9.90 Å². The number of nitrogens with one attached hydrogen (secondary N) is 2. The Morgan fingerprint density at radius 1 is 1.69 bits per heavy atom. The zero-order valence-corrected chi connectivity index (χ0v) is 7.46. The van der Waals surface area contributed by atoms with Crippen LogP contribution in [0.4, 0.5) is 0 Å². The van der Waals surface area contributed by atoms with Crippen LogP contribution in [0.15, 0.2) is 6.20 Å². The van der Waals surface area contributed by atoms with Crippen LogP contribution in [0.25, 0.3) is 0 Å². The zero-order chi connectivity index (χ0) is 9.68. The molecule has 1 aromatic heterocycles. The Balaban J connectivity index is 2.40. The van der Waals surface area contributed by atoms with Gasteiger partial charge in [0.1, 0.15) is 0 Å². The molecule has 1 radical (unpaired) electrons. The number of aromatic amines is 1. The predicted molar refractivity (Wildman–Crippen MR) is 46.0 cm³/mol. The molecule has 13 heavy (non-hydrogen) atoms. The van der Waals surface area contributed by atoms with Crippen LogP contribution in [0.2, 0.25) is 0 Å². The van der Waals surface area contributed by atoms with Crippen LogP contribution in [0.1, 0.15) is 30.4 Å². The van der Waals surface area contributed by atoms with Gasteiger partial charge in [0.15, 0.2) is 5.82 Å². The number of aromatic nitrogens is 2. The van der Waals surface area contributed by atoms with Crippen molar-refractivity contribution in [3.05, 3.63) is 12.0 Å². The van der Waals surface area contributed by atoms with Crippen LogP contribution in [0.5, 0.6) is 5.88 Å². The molecule has 0 unspecified atom stereocenters. The highest BCUT2D eigenvalue weighted by Crippen LogP contribution is 2.03. The summed E-state index contributed by atoms with van der Waals surface area (Å²) in [6.07, 6.45) is 3.11. The Labute approximate surface area is 76.2 Å². The molecule has 0 atom stereocenters. The molecule has 5 heteroatoms. The van der Waals surface area contributed by atoms with Gasteiger partial charge in [-0.1, -0.05) is 13.3 Å². The molecule has 1 heterocycles. The average molecular weight is 182 g/mol. The molecular weight excluding hydrogens is 170 g/mol. The molecule has 1 rings (SSSR count). The maximum atomic E-state index is 11.2. The van der Waals surface area contributed by atoms with E-state index in [0.29, 0.717) is 6.54 Å². The normalized spacial score (nSPS) is 9.92. The lowest BCUT2D eigenvalue weighted by molar-refractivity contribution is 0.0943. The lowest BCUT2D eigenvalue weighted by Gasteiger charge is -1.99. The van der Waals surface area contributed by atoms with Gasteiger partial charge in [-0.2, -0.15) is 4.98 Å².